The topological polar surface area (TPSA) is 87.2 Å². The molecule has 37 heavy (non-hydrogen) atoms. The van der Waals surface area contributed by atoms with Gasteiger partial charge in [0.1, 0.15) is 0 Å². The Morgan fingerprint density at radius 1 is 0.946 bits per heavy atom. The van der Waals surface area contributed by atoms with Crippen LogP contribution in [0.15, 0.2) is 79.1 Å². The summed E-state index contributed by atoms with van der Waals surface area (Å²) in [6, 6.07) is 21.6. The van der Waals surface area contributed by atoms with Gasteiger partial charge in [-0.2, -0.15) is 0 Å². The van der Waals surface area contributed by atoms with Gasteiger partial charge in [-0.05, 0) is 54.2 Å². The van der Waals surface area contributed by atoms with Crippen molar-refractivity contribution in [3.8, 4) is 11.3 Å². The first-order chi connectivity index (χ1) is 18.1. The minimum atomic E-state index is -0.217. The number of nitrogens with one attached hydrogen (secondary N) is 2. The third kappa shape index (κ3) is 5.77. The maximum atomic E-state index is 13.0. The number of nitrogens with zero attached hydrogens (tertiary/aromatic N) is 3. The third-order valence-corrected chi connectivity index (χ3v) is 7.02. The van der Waals surface area contributed by atoms with E-state index >= 15 is 0 Å². The maximum absolute atomic E-state index is 13.0. The van der Waals surface area contributed by atoms with Crippen molar-refractivity contribution in [3.63, 3.8) is 0 Å². The number of amides is 3. The van der Waals surface area contributed by atoms with E-state index in [-0.39, 0.29) is 11.9 Å². The van der Waals surface area contributed by atoms with Gasteiger partial charge in [0.25, 0.3) is 5.91 Å². The molecule has 2 aromatic carbocycles. The molecule has 0 atom stereocenters. The standard InChI is InChI=1S/C30H31N5O2/c1-35(30(37)33-20-21-8-10-23(11-9-21)22-4-2-5-22)19-18-32-29(36)26-7-3-6-25-12-13-27(34-28(25)26)24-14-16-31-17-15-24/h3,6-17,22H,2,4-5,18-20H2,1H3,(H,32,36)(H,33,37). The fraction of sp³-hybridized carbons (Fsp3) is 0.267. The minimum absolute atomic E-state index is 0.175. The number of fused-ring (bicyclic) bond motifs is 1. The molecule has 0 aliphatic heterocycles. The minimum Gasteiger partial charge on any atom is -0.350 e. The van der Waals surface area contributed by atoms with Crippen molar-refractivity contribution in [1.82, 2.24) is 25.5 Å². The van der Waals surface area contributed by atoms with Gasteiger partial charge in [0.2, 0.25) is 0 Å². The van der Waals surface area contributed by atoms with E-state index in [0.717, 1.165) is 22.2 Å². The quantitative estimate of drug-likeness (QED) is 0.356. The molecule has 7 nitrogen and oxygen atoms in total. The Hall–Kier alpha value is -4.26. The van der Waals surface area contributed by atoms with E-state index < -0.39 is 0 Å². The molecular weight excluding hydrogens is 462 g/mol. The van der Waals surface area contributed by atoms with E-state index in [1.807, 2.05) is 36.4 Å². The first-order valence-electron chi connectivity index (χ1n) is 12.7. The predicted molar refractivity (Wildman–Crippen MR) is 145 cm³/mol. The van der Waals surface area contributed by atoms with Crippen LogP contribution >= 0.6 is 0 Å². The number of rotatable bonds is 8. The molecule has 188 valence electrons. The highest BCUT2D eigenvalue weighted by molar-refractivity contribution is 6.05. The molecule has 0 radical (unpaired) electrons. The van der Waals surface area contributed by atoms with Crippen LogP contribution in [0.4, 0.5) is 4.79 Å². The maximum Gasteiger partial charge on any atom is 0.317 e. The molecule has 0 spiro atoms. The second-order valence-electron chi connectivity index (χ2n) is 9.52. The highest BCUT2D eigenvalue weighted by Crippen LogP contribution is 2.36. The predicted octanol–water partition coefficient (Wildman–Crippen LogP) is 5.14. The zero-order valence-electron chi connectivity index (χ0n) is 21.0. The molecule has 1 aliphatic carbocycles. The molecular formula is C30H31N5O2. The lowest BCUT2D eigenvalue weighted by Gasteiger charge is -2.25. The Bertz CT molecular complexity index is 1380. The molecule has 0 saturated heterocycles. The summed E-state index contributed by atoms with van der Waals surface area (Å²) in [6.07, 6.45) is 7.32. The zero-order valence-corrected chi connectivity index (χ0v) is 21.0. The Balaban J connectivity index is 1.14. The van der Waals surface area contributed by atoms with Crippen LogP contribution in [0.5, 0.6) is 0 Å². The number of hydrogen-bond acceptors (Lipinski definition) is 4. The lowest BCUT2D eigenvalue weighted by atomic mass is 9.80. The highest BCUT2D eigenvalue weighted by Gasteiger charge is 2.19. The number of likely N-dealkylation sites (N-methyl/N-ethyl adjacent to an activating group) is 1. The normalized spacial score (nSPS) is 13.1. The third-order valence-electron chi connectivity index (χ3n) is 7.02. The van der Waals surface area contributed by atoms with Crippen molar-refractivity contribution in [2.24, 2.45) is 0 Å². The molecule has 7 heteroatoms. The van der Waals surface area contributed by atoms with Crippen molar-refractivity contribution in [1.29, 1.82) is 0 Å². The Kier molecular flexibility index (Phi) is 7.40. The van der Waals surface area contributed by atoms with Crippen LogP contribution in [-0.4, -0.2) is 46.9 Å². The lowest BCUT2D eigenvalue weighted by molar-refractivity contribution is 0.0951. The molecule has 2 N–H and O–H groups in total. The zero-order chi connectivity index (χ0) is 25.6. The van der Waals surface area contributed by atoms with Gasteiger partial charge >= 0.3 is 6.03 Å². The Morgan fingerprint density at radius 2 is 1.73 bits per heavy atom. The van der Waals surface area contributed by atoms with Crippen LogP contribution < -0.4 is 10.6 Å². The lowest BCUT2D eigenvalue weighted by Crippen LogP contribution is -2.41. The van der Waals surface area contributed by atoms with Gasteiger partial charge in [-0.15, -0.1) is 0 Å². The van der Waals surface area contributed by atoms with E-state index in [0.29, 0.717) is 36.6 Å². The van der Waals surface area contributed by atoms with Crippen LogP contribution in [0.1, 0.15) is 46.7 Å². The average Bonchev–Trinajstić information content (AvgIpc) is 2.91. The second kappa shape index (κ2) is 11.2. The van der Waals surface area contributed by atoms with Crippen molar-refractivity contribution >= 4 is 22.8 Å². The summed E-state index contributed by atoms with van der Waals surface area (Å²) < 4.78 is 0. The van der Waals surface area contributed by atoms with Crippen molar-refractivity contribution in [2.45, 2.75) is 31.7 Å². The summed E-state index contributed by atoms with van der Waals surface area (Å²) in [6.45, 7) is 1.19. The summed E-state index contributed by atoms with van der Waals surface area (Å²) in [7, 11) is 1.72. The summed E-state index contributed by atoms with van der Waals surface area (Å²) in [5, 5.41) is 6.77. The van der Waals surface area contributed by atoms with Crippen LogP contribution in [0.25, 0.3) is 22.2 Å². The van der Waals surface area contributed by atoms with Crippen molar-refractivity contribution in [3.05, 3.63) is 95.8 Å². The Labute approximate surface area is 216 Å². The molecule has 5 rings (SSSR count). The van der Waals surface area contributed by atoms with E-state index in [2.05, 4.69) is 39.9 Å². The van der Waals surface area contributed by atoms with Crippen LogP contribution in [0.3, 0.4) is 0 Å². The molecule has 1 aliphatic rings. The molecule has 0 unspecified atom stereocenters. The van der Waals surface area contributed by atoms with Gasteiger partial charge in [0.05, 0.1) is 16.8 Å². The number of carbonyl (C=O) groups is 2. The first-order valence-corrected chi connectivity index (χ1v) is 12.7. The van der Waals surface area contributed by atoms with Gasteiger partial charge in [-0.3, -0.25) is 9.78 Å². The van der Waals surface area contributed by atoms with Gasteiger partial charge in [0.15, 0.2) is 0 Å². The molecule has 4 aromatic rings. The second-order valence-corrected chi connectivity index (χ2v) is 9.52. The first kappa shape index (κ1) is 24.4. The largest absolute Gasteiger partial charge is 0.350 e. The summed E-state index contributed by atoms with van der Waals surface area (Å²) >= 11 is 0. The van der Waals surface area contributed by atoms with Gasteiger partial charge in [-0.25, -0.2) is 9.78 Å². The monoisotopic (exact) mass is 493 g/mol. The average molecular weight is 494 g/mol. The van der Waals surface area contributed by atoms with Gasteiger partial charge < -0.3 is 15.5 Å². The fourth-order valence-corrected chi connectivity index (χ4v) is 4.51. The number of urea groups is 1. The van der Waals surface area contributed by atoms with Crippen LogP contribution in [0, 0.1) is 0 Å². The van der Waals surface area contributed by atoms with Crippen LogP contribution in [0.2, 0.25) is 0 Å². The molecule has 3 amide bonds. The molecule has 2 aromatic heterocycles. The summed E-state index contributed by atoms with van der Waals surface area (Å²) in [5.74, 6) is 0.489. The van der Waals surface area contributed by atoms with Crippen molar-refractivity contribution < 1.29 is 9.59 Å². The smallest absolute Gasteiger partial charge is 0.317 e. The number of benzene rings is 2. The molecule has 1 saturated carbocycles. The molecule has 2 heterocycles. The van der Waals surface area contributed by atoms with Gasteiger partial charge in [0, 0.05) is 50.0 Å². The van der Waals surface area contributed by atoms with E-state index in [9.17, 15) is 9.59 Å². The number of pyridine rings is 2. The fourth-order valence-electron chi connectivity index (χ4n) is 4.51. The van der Waals surface area contributed by atoms with Crippen LogP contribution in [-0.2, 0) is 6.54 Å². The van der Waals surface area contributed by atoms with E-state index in [1.165, 1.54) is 24.8 Å². The number of hydrogen-bond donors (Lipinski definition) is 2. The molecule has 0 bridgehead atoms. The van der Waals surface area contributed by atoms with Gasteiger partial charge in [-0.1, -0.05) is 48.9 Å². The highest BCUT2D eigenvalue weighted by atomic mass is 16.2. The van der Waals surface area contributed by atoms with E-state index in [1.54, 1.807) is 30.4 Å². The Morgan fingerprint density at radius 3 is 2.46 bits per heavy atom. The number of carbonyl (C=O) groups excluding carboxylic acids is 2. The SMILES string of the molecule is CN(CCNC(=O)c1cccc2ccc(-c3ccncc3)nc12)C(=O)NCc1ccc(C2CCC2)cc1. The van der Waals surface area contributed by atoms with Crippen molar-refractivity contribution in [2.75, 3.05) is 20.1 Å². The summed E-state index contributed by atoms with van der Waals surface area (Å²) in [4.78, 5) is 35.9. The number of para-hydroxylation sites is 1. The van der Waals surface area contributed by atoms with E-state index in [4.69, 9.17) is 4.98 Å². The molecule has 1 fully saturated rings. The number of aromatic nitrogens is 2. The summed E-state index contributed by atoms with van der Waals surface area (Å²) in [5.41, 5.74) is 5.34.